The normalized spacial score (nSPS) is 14.9. The van der Waals surface area contributed by atoms with Crippen LogP contribution in [0.2, 0.25) is 0 Å². The summed E-state index contributed by atoms with van der Waals surface area (Å²) >= 11 is 0. The molecule has 3 nitrogen and oxygen atoms in total. The average Bonchev–Trinajstić information content (AvgIpc) is 4.04. The molecule has 0 aromatic heterocycles. The summed E-state index contributed by atoms with van der Waals surface area (Å²) in [7, 11) is -0.892. The van der Waals surface area contributed by atoms with Crippen LogP contribution in [0, 0.1) is 43.4 Å². The third kappa shape index (κ3) is 13.3. The molecule has 0 spiro atoms. The van der Waals surface area contributed by atoms with Crippen LogP contribution in [0.15, 0.2) is 217 Å². The molecule has 1 heterocycles. The van der Waals surface area contributed by atoms with Gasteiger partial charge in [-0.3, -0.25) is 0 Å². The Morgan fingerprint density at radius 1 is 0.404 bits per heavy atom. The van der Waals surface area contributed by atoms with Crippen LogP contribution in [0.25, 0.3) is 0 Å². The molecule has 9 rings (SSSR count). The fourth-order valence-electron chi connectivity index (χ4n) is 5.94. The maximum atomic E-state index is 8.73. The molecule has 279 valence electrons. The topological polar surface area (TPSA) is 45.4 Å². The van der Waals surface area contributed by atoms with Crippen LogP contribution in [-0.2, 0) is 24.2 Å². The zero-order valence-corrected chi connectivity index (χ0v) is 34.8. The quantitative estimate of drug-likeness (QED) is 0.0912. The van der Waals surface area contributed by atoms with Crippen molar-refractivity contribution in [3.63, 3.8) is 0 Å². The Balaban J connectivity index is 0.000000154. The number of ether oxygens (including phenoxy) is 1. The Kier molecular flexibility index (Phi) is 18.6. The molecule has 2 atom stereocenters. The van der Waals surface area contributed by atoms with Crippen molar-refractivity contribution in [1.82, 2.24) is 0 Å². The molecule has 2 aliphatic rings. The number of hydrogen-bond acceptors (Lipinski definition) is 3. The van der Waals surface area contributed by atoms with Gasteiger partial charge in [-0.1, -0.05) is 212 Å². The van der Waals surface area contributed by atoms with Gasteiger partial charge in [-0.25, -0.2) is 6.40 Å². The van der Waals surface area contributed by atoms with Gasteiger partial charge in [0, 0.05) is 0 Å². The second-order valence-electron chi connectivity index (χ2n) is 12.4. The van der Waals surface area contributed by atoms with Crippen molar-refractivity contribution in [2.45, 2.75) is 12.1 Å². The minimum absolute atomic E-state index is 0. The van der Waals surface area contributed by atoms with E-state index in [1.54, 1.807) is 0 Å². The molecule has 57 heavy (non-hydrogen) atoms. The van der Waals surface area contributed by atoms with Crippen LogP contribution in [0.4, 0.5) is 0 Å². The average molecular weight is 862 g/mol. The van der Waals surface area contributed by atoms with Gasteiger partial charge in [-0.2, -0.15) is 5.26 Å². The molecule has 0 bridgehead atoms. The number of nitrogens with zero attached hydrogens (tertiary/aromatic N) is 2. The Hall–Kier alpha value is -5.02. The molecular formula is C51H42N2OP2Ru+. The van der Waals surface area contributed by atoms with Crippen LogP contribution >= 0.6 is 15.8 Å². The van der Waals surface area contributed by atoms with Gasteiger partial charge in [0.2, 0.25) is 0 Å². The first-order chi connectivity index (χ1) is 27.8. The summed E-state index contributed by atoms with van der Waals surface area (Å²) < 4.78 is 5.10. The van der Waals surface area contributed by atoms with Gasteiger partial charge < -0.3 is 9.73 Å². The van der Waals surface area contributed by atoms with Crippen LogP contribution in [0.3, 0.4) is 0 Å². The Morgan fingerprint density at radius 2 is 0.649 bits per heavy atom. The summed E-state index contributed by atoms with van der Waals surface area (Å²) in [6, 6.07) is 75.8. The van der Waals surface area contributed by atoms with Crippen molar-refractivity contribution >= 4 is 54.1 Å². The van der Waals surface area contributed by atoms with E-state index < -0.39 is 21.9 Å². The zero-order valence-electron chi connectivity index (χ0n) is 31.3. The van der Waals surface area contributed by atoms with Gasteiger partial charge >= 0.3 is 19.5 Å². The van der Waals surface area contributed by atoms with E-state index in [1.807, 2.05) is 62.4 Å². The molecule has 0 saturated heterocycles. The largest absolute Gasteiger partial charge is 2.00 e. The minimum atomic E-state index is -0.456. The first kappa shape index (κ1) is 43.1. The second-order valence-corrected chi connectivity index (χ2v) is 16.8. The Bertz CT molecular complexity index is 1850. The van der Waals surface area contributed by atoms with Gasteiger partial charge in [0.15, 0.2) is 0 Å². The predicted molar refractivity (Wildman–Crippen MR) is 239 cm³/mol. The molecule has 0 N–H and O–H groups in total. The van der Waals surface area contributed by atoms with E-state index in [0.29, 0.717) is 0 Å². The van der Waals surface area contributed by atoms with E-state index in [4.69, 9.17) is 10.00 Å². The number of nitriles is 1. The summed E-state index contributed by atoms with van der Waals surface area (Å²) in [4.78, 5) is 3.78. The fraction of sp³-hybridized carbons (Fsp3) is 0.0392. The smallest absolute Gasteiger partial charge is 0.667 e. The van der Waals surface area contributed by atoms with E-state index >= 15 is 0 Å². The fourth-order valence-corrected chi connectivity index (χ4v) is 10.6. The number of benzene rings is 7. The van der Waals surface area contributed by atoms with E-state index in [0.717, 1.165) is 5.56 Å². The first-order valence-electron chi connectivity index (χ1n) is 18.4. The number of rotatable bonds is 7. The Labute approximate surface area is 354 Å². The third-order valence-corrected chi connectivity index (χ3v) is 13.4. The van der Waals surface area contributed by atoms with Crippen molar-refractivity contribution in [1.29, 1.82) is 5.26 Å². The van der Waals surface area contributed by atoms with Crippen LogP contribution in [-0.4, -0.2) is 12.4 Å². The molecule has 1 saturated carbocycles. The summed E-state index contributed by atoms with van der Waals surface area (Å²) in [6.45, 7) is 0. The molecule has 1 aliphatic carbocycles. The van der Waals surface area contributed by atoms with E-state index in [2.05, 4.69) is 199 Å². The summed E-state index contributed by atoms with van der Waals surface area (Å²) in [5.74, 6) is 0. The maximum absolute atomic E-state index is 8.73. The van der Waals surface area contributed by atoms with E-state index in [1.165, 1.54) is 31.8 Å². The van der Waals surface area contributed by atoms with Crippen molar-refractivity contribution in [2.75, 3.05) is 0 Å². The van der Waals surface area contributed by atoms with Gasteiger partial charge in [-0.15, -0.1) is 0 Å². The zero-order chi connectivity index (χ0) is 38.5. The standard InChI is InChI=1S/2C18H15P.C10H7N2O.C5H5.Ru/c2*1-4-10-16(11-5-1)19(17-12-6-2-7-13-17)18-14-8-3-9-15-18;11-6-9-10(13-7-12-9)8-4-2-1-3-5-8;1-2-4-5-3-1;/h2*1-15H;1-5,9-10H;1-5H;/q;;-1;;+2. The van der Waals surface area contributed by atoms with Crippen molar-refractivity contribution < 1.29 is 24.2 Å². The maximum Gasteiger partial charge on any atom is 2.00 e. The summed E-state index contributed by atoms with van der Waals surface area (Å²) in [5.41, 5.74) is 0.961. The van der Waals surface area contributed by atoms with Gasteiger partial charge in [0.1, 0.15) is 12.1 Å². The van der Waals surface area contributed by atoms with Gasteiger partial charge in [-0.05, 0) is 85.3 Å². The number of aliphatic imine (C=N–C) groups is 1. The first-order valence-corrected chi connectivity index (χ1v) is 21.1. The second kappa shape index (κ2) is 24.6. The van der Waals surface area contributed by atoms with Gasteiger partial charge in [0.25, 0.3) is 0 Å². The molecule has 7 aromatic rings. The predicted octanol–water partition coefficient (Wildman–Crippen LogP) is 9.46. The SMILES string of the molecule is N#CC1N=[C-]OC1c1ccccc1.[CH]1[CH][CH][CH][CH]1.[Ru+2].c1ccc(P(c2ccccc2)c2ccccc2)cc1.c1ccc(P(c2ccccc2)c2ccccc2)cc1. The van der Waals surface area contributed by atoms with E-state index in [9.17, 15) is 0 Å². The van der Waals surface area contributed by atoms with Crippen LogP contribution in [0.1, 0.15) is 11.7 Å². The van der Waals surface area contributed by atoms with Crippen molar-refractivity contribution in [3.05, 3.63) is 250 Å². The van der Waals surface area contributed by atoms with Gasteiger partial charge in [0.05, 0.1) is 6.07 Å². The molecule has 0 amide bonds. The molecule has 1 aliphatic heterocycles. The molecule has 2 unspecified atom stereocenters. The molecule has 6 heteroatoms. The molecule has 5 radical (unpaired) electrons. The summed E-state index contributed by atoms with van der Waals surface area (Å²) in [5, 5.41) is 17.1. The molecule has 1 fully saturated rings. The number of hydrogen-bond donors (Lipinski definition) is 0. The molecule has 7 aromatic carbocycles. The summed E-state index contributed by atoms with van der Waals surface area (Å²) in [6.07, 6.45) is 12.1. The van der Waals surface area contributed by atoms with Crippen LogP contribution < -0.4 is 31.8 Å². The Morgan fingerprint density at radius 3 is 0.895 bits per heavy atom. The monoisotopic (exact) mass is 862 g/mol. The minimum Gasteiger partial charge on any atom is -0.667 e. The van der Waals surface area contributed by atoms with E-state index in [-0.39, 0.29) is 25.6 Å². The molecular weight excluding hydrogens is 820 g/mol. The van der Waals surface area contributed by atoms with Crippen molar-refractivity contribution in [2.24, 2.45) is 4.99 Å². The third-order valence-electron chi connectivity index (χ3n) is 8.56. The van der Waals surface area contributed by atoms with Crippen LogP contribution in [0.5, 0.6) is 0 Å². The van der Waals surface area contributed by atoms with Crippen molar-refractivity contribution in [3.8, 4) is 6.07 Å².